The summed E-state index contributed by atoms with van der Waals surface area (Å²) in [5, 5.41) is 9.23. The first kappa shape index (κ1) is 22.3. The summed E-state index contributed by atoms with van der Waals surface area (Å²) in [4.78, 5) is 21.4. The van der Waals surface area contributed by atoms with Crippen LogP contribution in [-0.2, 0) is 17.4 Å². The van der Waals surface area contributed by atoms with Crippen LogP contribution in [0.4, 0.5) is 0 Å². The van der Waals surface area contributed by atoms with Crippen LogP contribution >= 0.6 is 0 Å². The van der Waals surface area contributed by atoms with E-state index in [4.69, 9.17) is 9.97 Å². The maximum Gasteiger partial charge on any atom is 0.335 e. The third-order valence-electron chi connectivity index (χ3n) is 6.65. The van der Waals surface area contributed by atoms with Crippen LogP contribution in [0.1, 0.15) is 76.1 Å². The molecule has 0 atom stereocenters. The monoisotopic (exact) mass is 431 g/mol. The first-order valence-electron chi connectivity index (χ1n) is 11.4. The first-order chi connectivity index (χ1) is 15.0. The number of aromatic carboxylic acids is 1. The van der Waals surface area contributed by atoms with Gasteiger partial charge in [-0.15, -0.1) is 0 Å². The Morgan fingerprint density at radius 3 is 2.16 bits per heavy atom. The molecule has 0 radical (unpaired) electrons. The molecule has 4 rings (SSSR count). The van der Waals surface area contributed by atoms with E-state index in [2.05, 4.69) is 58.2 Å². The highest BCUT2D eigenvalue weighted by atomic mass is 16.4. The molecule has 0 saturated carbocycles. The van der Waals surface area contributed by atoms with E-state index < -0.39 is 5.97 Å². The molecule has 0 saturated heterocycles. The molecule has 0 fully saturated rings. The van der Waals surface area contributed by atoms with Crippen LogP contribution in [0.25, 0.3) is 22.6 Å². The summed E-state index contributed by atoms with van der Waals surface area (Å²) >= 11 is 0. The maximum absolute atomic E-state index is 11.2. The predicted octanol–water partition coefficient (Wildman–Crippen LogP) is 6.32. The average Bonchev–Trinajstić information content (AvgIpc) is 3.14. The van der Waals surface area contributed by atoms with Gasteiger partial charge in [-0.1, -0.05) is 53.7 Å². The van der Waals surface area contributed by atoms with Crippen LogP contribution in [0.5, 0.6) is 0 Å². The molecule has 5 heteroatoms. The molecule has 1 N–H and O–H groups in total. The van der Waals surface area contributed by atoms with Gasteiger partial charge in [-0.05, 0) is 48.6 Å². The van der Waals surface area contributed by atoms with Crippen molar-refractivity contribution in [2.24, 2.45) is 5.92 Å². The zero-order valence-corrected chi connectivity index (χ0v) is 19.9. The highest BCUT2D eigenvalue weighted by Crippen LogP contribution is 2.44. The van der Waals surface area contributed by atoms with Crippen molar-refractivity contribution in [3.8, 4) is 22.6 Å². The third-order valence-corrected chi connectivity index (χ3v) is 6.65. The second kappa shape index (κ2) is 7.88. The minimum absolute atomic E-state index is 0.00116. The highest BCUT2D eigenvalue weighted by Gasteiger charge is 2.39. The lowest BCUT2D eigenvalue weighted by Gasteiger charge is -2.39. The zero-order valence-electron chi connectivity index (χ0n) is 19.9. The number of hydrogen-bond acceptors (Lipinski definition) is 3. The Hall–Kier alpha value is -2.95. The van der Waals surface area contributed by atoms with Crippen molar-refractivity contribution in [3.05, 3.63) is 59.5 Å². The summed E-state index contributed by atoms with van der Waals surface area (Å²) in [5.74, 6) is -0.469. The van der Waals surface area contributed by atoms with Gasteiger partial charge in [0.15, 0.2) is 0 Å². The molecule has 32 heavy (non-hydrogen) atoms. The van der Waals surface area contributed by atoms with Gasteiger partial charge in [-0.25, -0.2) is 9.78 Å². The minimum atomic E-state index is -0.912. The van der Waals surface area contributed by atoms with Crippen molar-refractivity contribution in [2.75, 3.05) is 0 Å². The van der Waals surface area contributed by atoms with Crippen molar-refractivity contribution >= 4 is 5.97 Å². The van der Waals surface area contributed by atoms with Crippen LogP contribution in [-0.4, -0.2) is 25.6 Å². The number of carboxylic acids is 1. The molecule has 2 heterocycles. The third kappa shape index (κ3) is 3.96. The molecule has 3 aromatic rings. The lowest BCUT2D eigenvalue weighted by Crippen LogP contribution is -2.36. The molecular formula is C27H33N3O2. The van der Waals surface area contributed by atoms with Crippen LogP contribution in [0, 0.1) is 5.92 Å². The number of hydrogen-bond donors (Lipinski definition) is 1. The summed E-state index contributed by atoms with van der Waals surface area (Å²) in [6.45, 7) is 14.3. The summed E-state index contributed by atoms with van der Waals surface area (Å²) in [7, 11) is 0. The van der Waals surface area contributed by atoms with E-state index in [9.17, 15) is 9.90 Å². The van der Waals surface area contributed by atoms with Gasteiger partial charge >= 0.3 is 5.97 Å². The van der Waals surface area contributed by atoms with Gasteiger partial charge in [0.05, 0.1) is 28.8 Å². The quantitative estimate of drug-likeness (QED) is 0.513. The normalized spacial score (nSPS) is 16.7. The molecule has 0 spiro atoms. The smallest absolute Gasteiger partial charge is 0.335 e. The van der Waals surface area contributed by atoms with Gasteiger partial charge < -0.3 is 9.67 Å². The SMILES string of the molecule is CC(C)Cn1c(-c2ccc(C(=O)O)cc2)ccc1-c1cnc2c(n1)C(C)(C)CCC2(C)C. The molecule has 1 aliphatic rings. The number of carbonyl (C=O) groups is 1. The molecule has 5 nitrogen and oxygen atoms in total. The second-order valence-electron chi connectivity index (χ2n) is 10.7. The summed E-state index contributed by atoms with van der Waals surface area (Å²) in [6, 6.07) is 11.3. The molecule has 0 amide bonds. The minimum Gasteiger partial charge on any atom is -0.478 e. The van der Waals surface area contributed by atoms with E-state index >= 15 is 0 Å². The van der Waals surface area contributed by atoms with Crippen LogP contribution in [0.15, 0.2) is 42.6 Å². The Labute approximate surface area is 190 Å². The van der Waals surface area contributed by atoms with E-state index in [1.807, 2.05) is 18.3 Å². The number of benzene rings is 1. The van der Waals surface area contributed by atoms with Crippen molar-refractivity contribution in [1.29, 1.82) is 0 Å². The Kier molecular flexibility index (Phi) is 5.48. The summed E-state index contributed by atoms with van der Waals surface area (Å²) in [6.07, 6.45) is 4.13. The Balaban J connectivity index is 1.83. The van der Waals surface area contributed by atoms with Gasteiger partial charge in [0, 0.05) is 23.1 Å². The first-order valence-corrected chi connectivity index (χ1v) is 11.4. The number of aromatic nitrogens is 3. The largest absolute Gasteiger partial charge is 0.478 e. The van der Waals surface area contributed by atoms with E-state index in [0.717, 1.165) is 53.4 Å². The Morgan fingerprint density at radius 2 is 1.56 bits per heavy atom. The summed E-state index contributed by atoms with van der Waals surface area (Å²) in [5.41, 5.74) is 6.54. The average molecular weight is 432 g/mol. The molecule has 0 unspecified atom stereocenters. The van der Waals surface area contributed by atoms with Gasteiger partial charge in [-0.2, -0.15) is 0 Å². The van der Waals surface area contributed by atoms with Crippen molar-refractivity contribution in [3.63, 3.8) is 0 Å². The summed E-state index contributed by atoms with van der Waals surface area (Å²) < 4.78 is 2.29. The Bertz CT molecular complexity index is 1150. The maximum atomic E-state index is 11.2. The van der Waals surface area contributed by atoms with E-state index in [-0.39, 0.29) is 10.8 Å². The van der Waals surface area contributed by atoms with E-state index in [0.29, 0.717) is 11.5 Å². The van der Waals surface area contributed by atoms with E-state index in [1.165, 1.54) is 0 Å². The Morgan fingerprint density at radius 1 is 0.969 bits per heavy atom. The molecular weight excluding hydrogens is 398 g/mol. The fourth-order valence-electron chi connectivity index (χ4n) is 4.63. The lowest BCUT2D eigenvalue weighted by atomic mass is 9.67. The predicted molar refractivity (Wildman–Crippen MR) is 128 cm³/mol. The number of carboxylic acid groups (broad SMARTS) is 1. The second-order valence-corrected chi connectivity index (χ2v) is 10.7. The molecule has 1 aromatic carbocycles. The van der Waals surface area contributed by atoms with Gasteiger partial charge in [0.1, 0.15) is 5.69 Å². The van der Waals surface area contributed by atoms with Crippen molar-refractivity contribution < 1.29 is 9.90 Å². The fourth-order valence-corrected chi connectivity index (χ4v) is 4.63. The van der Waals surface area contributed by atoms with Gasteiger partial charge in [-0.3, -0.25) is 4.98 Å². The number of rotatable bonds is 5. The van der Waals surface area contributed by atoms with Crippen LogP contribution < -0.4 is 0 Å². The molecule has 168 valence electrons. The topological polar surface area (TPSA) is 68.0 Å². The van der Waals surface area contributed by atoms with Gasteiger partial charge in [0.2, 0.25) is 0 Å². The number of fused-ring (bicyclic) bond motifs is 1. The van der Waals surface area contributed by atoms with Crippen LogP contribution in [0.2, 0.25) is 0 Å². The van der Waals surface area contributed by atoms with Crippen molar-refractivity contribution in [1.82, 2.24) is 14.5 Å². The van der Waals surface area contributed by atoms with Crippen molar-refractivity contribution in [2.45, 2.75) is 71.8 Å². The van der Waals surface area contributed by atoms with Crippen LogP contribution in [0.3, 0.4) is 0 Å². The highest BCUT2D eigenvalue weighted by molar-refractivity contribution is 5.88. The molecule has 0 bridgehead atoms. The fraction of sp³-hybridized carbons (Fsp3) is 0.444. The number of nitrogens with zero attached hydrogens (tertiary/aromatic N) is 3. The molecule has 0 aliphatic heterocycles. The zero-order chi connectivity index (χ0) is 23.3. The van der Waals surface area contributed by atoms with Gasteiger partial charge in [0.25, 0.3) is 0 Å². The molecule has 2 aromatic heterocycles. The standard InChI is InChI=1S/C27H33N3O2/c1-17(2)16-30-21(18-7-9-19(10-8-18)25(31)32)11-12-22(30)20-15-28-23-24(29-20)27(5,6)14-13-26(23,3)4/h7-12,15,17H,13-14,16H2,1-6H3,(H,31,32). The molecule has 1 aliphatic carbocycles. The van der Waals surface area contributed by atoms with E-state index in [1.54, 1.807) is 12.1 Å². The lowest BCUT2D eigenvalue weighted by molar-refractivity contribution is 0.0697.